The van der Waals surface area contributed by atoms with Crippen LogP contribution in [0, 0.1) is 0 Å². The molecule has 8 heteroatoms. The Hall–Kier alpha value is -2.25. The molecular weight excluding hydrogens is 304 g/mol. The second-order valence-corrected chi connectivity index (χ2v) is 5.80. The maximum absolute atomic E-state index is 12.7. The molecule has 6 nitrogen and oxygen atoms in total. The number of aryl methyl sites for hydroxylation is 1. The second kappa shape index (κ2) is 6.47. The fraction of sp³-hybridized carbons (Fsp3) is 0.533. The van der Waals surface area contributed by atoms with E-state index >= 15 is 0 Å². The largest absolute Gasteiger partial charge is 0.331 e. The van der Waals surface area contributed by atoms with Crippen LogP contribution in [0.3, 0.4) is 0 Å². The van der Waals surface area contributed by atoms with Gasteiger partial charge in [0.2, 0.25) is 0 Å². The Morgan fingerprint density at radius 3 is 2.83 bits per heavy atom. The number of nitrogens with zero attached hydrogens (tertiary/aromatic N) is 5. The molecule has 1 unspecified atom stereocenters. The number of likely N-dealkylation sites (tertiary alicyclic amines) is 1. The van der Waals surface area contributed by atoms with Crippen molar-refractivity contribution in [3.05, 3.63) is 35.9 Å². The van der Waals surface area contributed by atoms with Crippen LogP contribution in [0.2, 0.25) is 0 Å². The Morgan fingerprint density at radius 2 is 2.13 bits per heavy atom. The van der Waals surface area contributed by atoms with Crippen LogP contribution < -0.4 is 0 Å². The van der Waals surface area contributed by atoms with Crippen LogP contribution in [0.15, 0.2) is 24.8 Å². The minimum absolute atomic E-state index is 0.0246. The molecule has 0 bridgehead atoms. The summed E-state index contributed by atoms with van der Waals surface area (Å²) >= 11 is 0. The average Bonchev–Trinajstić information content (AvgIpc) is 3.15. The van der Waals surface area contributed by atoms with Crippen molar-refractivity contribution < 1.29 is 13.6 Å². The number of alkyl halides is 2. The number of rotatable bonds is 4. The summed E-state index contributed by atoms with van der Waals surface area (Å²) in [5, 5.41) is 8.02. The molecule has 1 fully saturated rings. The van der Waals surface area contributed by atoms with Crippen LogP contribution >= 0.6 is 0 Å². The molecule has 1 saturated heterocycles. The van der Waals surface area contributed by atoms with Crippen molar-refractivity contribution in [3.8, 4) is 0 Å². The van der Waals surface area contributed by atoms with Gasteiger partial charge in [-0.2, -0.15) is 10.2 Å². The van der Waals surface area contributed by atoms with Crippen molar-refractivity contribution in [3.63, 3.8) is 0 Å². The van der Waals surface area contributed by atoms with E-state index < -0.39 is 13.0 Å². The van der Waals surface area contributed by atoms with Crippen molar-refractivity contribution in [1.29, 1.82) is 0 Å². The summed E-state index contributed by atoms with van der Waals surface area (Å²) in [7, 11) is 1.84. The van der Waals surface area contributed by atoms with Gasteiger partial charge < -0.3 is 4.90 Å². The van der Waals surface area contributed by atoms with Gasteiger partial charge in [0.15, 0.2) is 0 Å². The molecule has 1 atom stereocenters. The van der Waals surface area contributed by atoms with Gasteiger partial charge in [-0.1, -0.05) is 0 Å². The first kappa shape index (κ1) is 15.6. The lowest BCUT2D eigenvalue weighted by atomic mass is 9.97. The predicted molar refractivity (Wildman–Crippen MR) is 79.1 cm³/mol. The highest BCUT2D eigenvalue weighted by atomic mass is 19.3. The van der Waals surface area contributed by atoms with Crippen molar-refractivity contribution in [1.82, 2.24) is 24.5 Å². The maximum atomic E-state index is 12.7. The minimum Gasteiger partial charge on any atom is -0.331 e. The molecule has 0 aliphatic carbocycles. The van der Waals surface area contributed by atoms with Gasteiger partial charge in [0, 0.05) is 31.5 Å². The Bertz CT molecular complexity index is 681. The summed E-state index contributed by atoms with van der Waals surface area (Å²) in [5.74, 6) is -0.168. The lowest BCUT2D eigenvalue weighted by molar-refractivity contribution is 0.0610. The summed E-state index contributed by atoms with van der Waals surface area (Å²) in [6.07, 6.45) is 6.82. The molecule has 0 saturated carbocycles. The van der Waals surface area contributed by atoms with Gasteiger partial charge in [0.1, 0.15) is 6.54 Å². The highest BCUT2D eigenvalue weighted by Gasteiger charge is 2.30. The van der Waals surface area contributed by atoms with E-state index in [1.165, 1.54) is 12.4 Å². The normalized spacial score (nSPS) is 18.6. The van der Waals surface area contributed by atoms with Crippen LogP contribution in [-0.4, -0.2) is 43.3 Å². The molecule has 3 heterocycles. The first-order valence-electron chi connectivity index (χ1n) is 7.64. The SMILES string of the molecule is Cn1cc(C2CCCCN2C(=O)c2cnn(CC(F)F)c2)cn1. The maximum Gasteiger partial charge on any atom is 0.257 e. The summed E-state index contributed by atoms with van der Waals surface area (Å²) in [6.45, 7) is 0.151. The quantitative estimate of drug-likeness (QED) is 0.867. The van der Waals surface area contributed by atoms with E-state index in [1.807, 2.05) is 13.2 Å². The molecule has 3 rings (SSSR count). The number of piperidine rings is 1. The zero-order chi connectivity index (χ0) is 16.4. The fourth-order valence-corrected chi connectivity index (χ4v) is 3.01. The zero-order valence-electron chi connectivity index (χ0n) is 12.9. The molecule has 2 aromatic rings. The Kier molecular flexibility index (Phi) is 4.40. The van der Waals surface area contributed by atoms with Crippen molar-refractivity contribution in [2.24, 2.45) is 7.05 Å². The summed E-state index contributed by atoms with van der Waals surface area (Å²) < 4.78 is 27.6. The van der Waals surface area contributed by atoms with E-state index in [0.717, 1.165) is 29.5 Å². The highest BCUT2D eigenvalue weighted by Crippen LogP contribution is 2.31. The molecule has 0 aromatic carbocycles. The van der Waals surface area contributed by atoms with Gasteiger partial charge >= 0.3 is 0 Å². The van der Waals surface area contributed by atoms with Crippen molar-refractivity contribution in [2.45, 2.75) is 38.3 Å². The van der Waals surface area contributed by atoms with Crippen LogP contribution in [0.25, 0.3) is 0 Å². The van der Waals surface area contributed by atoms with E-state index in [0.29, 0.717) is 12.1 Å². The molecular formula is C15H19F2N5O. The van der Waals surface area contributed by atoms with Crippen LogP contribution in [-0.2, 0) is 13.6 Å². The zero-order valence-corrected chi connectivity index (χ0v) is 12.9. The molecule has 0 spiro atoms. The number of amides is 1. The number of aromatic nitrogens is 4. The standard InChI is InChI=1S/C15H19F2N5O/c1-20-8-11(6-18-20)13-4-2-3-5-22(13)15(23)12-7-19-21(9-12)10-14(16)17/h6-9,13-14H,2-5,10H2,1H3. The fourth-order valence-electron chi connectivity index (χ4n) is 3.01. The van der Waals surface area contributed by atoms with Gasteiger partial charge in [0.05, 0.1) is 24.0 Å². The van der Waals surface area contributed by atoms with E-state index in [1.54, 1.807) is 15.8 Å². The number of halogens is 2. The molecule has 1 aliphatic rings. The predicted octanol–water partition coefficient (Wildman–Crippen LogP) is 2.25. The van der Waals surface area contributed by atoms with Crippen LogP contribution in [0.1, 0.15) is 41.2 Å². The van der Waals surface area contributed by atoms with Crippen molar-refractivity contribution >= 4 is 5.91 Å². The number of carbonyl (C=O) groups is 1. The molecule has 124 valence electrons. The average molecular weight is 323 g/mol. The van der Waals surface area contributed by atoms with Crippen LogP contribution in [0.5, 0.6) is 0 Å². The topological polar surface area (TPSA) is 56.0 Å². The third kappa shape index (κ3) is 3.40. The van der Waals surface area contributed by atoms with Gasteiger partial charge in [-0.3, -0.25) is 14.2 Å². The molecule has 1 aliphatic heterocycles. The summed E-state index contributed by atoms with van der Waals surface area (Å²) in [4.78, 5) is 14.5. The molecule has 2 aromatic heterocycles. The second-order valence-electron chi connectivity index (χ2n) is 5.80. The highest BCUT2D eigenvalue weighted by molar-refractivity contribution is 5.94. The van der Waals surface area contributed by atoms with E-state index in [4.69, 9.17) is 0 Å². The molecule has 1 amide bonds. The Labute approximate surface area is 132 Å². The van der Waals surface area contributed by atoms with E-state index in [-0.39, 0.29) is 11.9 Å². The first-order valence-corrected chi connectivity index (χ1v) is 7.64. The molecule has 0 N–H and O–H groups in total. The minimum atomic E-state index is -2.49. The number of carbonyl (C=O) groups excluding carboxylic acids is 1. The Balaban J connectivity index is 1.79. The van der Waals surface area contributed by atoms with Gasteiger partial charge in [-0.15, -0.1) is 0 Å². The monoisotopic (exact) mass is 323 g/mol. The number of hydrogen-bond acceptors (Lipinski definition) is 3. The number of hydrogen-bond donors (Lipinski definition) is 0. The van der Waals surface area contributed by atoms with Gasteiger partial charge in [-0.05, 0) is 19.3 Å². The summed E-state index contributed by atoms with van der Waals surface area (Å²) in [6, 6.07) is -0.0246. The third-order valence-corrected chi connectivity index (χ3v) is 4.08. The summed E-state index contributed by atoms with van der Waals surface area (Å²) in [5.41, 5.74) is 1.35. The van der Waals surface area contributed by atoms with Crippen LogP contribution in [0.4, 0.5) is 8.78 Å². The lowest BCUT2D eigenvalue weighted by Gasteiger charge is -2.35. The smallest absolute Gasteiger partial charge is 0.257 e. The Morgan fingerprint density at radius 1 is 1.30 bits per heavy atom. The van der Waals surface area contributed by atoms with Gasteiger partial charge in [-0.25, -0.2) is 8.78 Å². The lowest BCUT2D eigenvalue weighted by Crippen LogP contribution is -2.38. The van der Waals surface area contributed by atoms with Crippen molar-refractivity contribution in [2.75, 3.05) is 6.54 Å². The third-order valence-electron chi connectivity index (χ3n) is 4.08. The molecule has 0 radical (unpaired) electrons. The molecule has 23 heavy (non-hydrogen) atoms. The van der Waals surface area contributed by atoms with E-state index in [9.17, 15) is 13.6 Å². The van der Waals surface area contributed by atoms with Gasteiger partial charge in [0.25, 0.3) is 12.3 Å². The first-order chi connectivity index (χ1) is 11.0. The van der Waals surface area contributed by atoms with E-state index in [2.05, 4.69) is 10.2 Å².